The molecule has 0 aromatic carbocycles. The van der Waals surface area contributed by atoms with Crippen molar-refractivity contribution in [2.45, 2.75) is 32.6 Å². The van der Waals surface area contributed by atoms with Crippen molar-refractivity contribution in [2.75, 3.05) is 17.3 Å². The van der Waals surface area contributed by atoms with E-state index in [-0.39, 0.29) is 42.9 Å². The Kier molecular flexibility index (Phi) is 10.9. The van der Waals surface area contributed by atoms with Gasteiger partial charge < -0.3 is 15.3 Å². The molecule has 0 aliphatic carbocycles. The molecule has 3 atom stereocenters. The highest BCUT2D eigenvalue weighted by Crippen LogP contribution is 2.51. The summed E-state index contributed by atoms with van der Waals surface area (Å²) < 4.78 is 0. The van der Waals surface area contributed by atoms with Crippen LogP contribution in [0, 0.1) is 23.2 Å². The largest absolute Gasteiger partial charge is 0.481 e. The fraction of sp³-hybridized carbons (Fsp3) is 0.800. The molecule has 0 spiro atoms. The van der Waals surface area contributed by atoms with Crippen molar-refractivity contribution in [3.63, 3.8) is 0 Å². The van der Waals surface area contributed by atoms with Crippen molar-refractivity contribution in [1.82, 2.24) is 0 Å². The van der Waals surface area contributed by atoms with Crippen LogP contribution in [0.1, 0.15) is 32.6 Å². The van der Waals surface area contributed by atoms with Crippen LogP contribution in [0.4, 0.5) is 0 Å². The van der Waals surface area contributed by atoms with Crippen LogP contribution in [0.3, 0.4) is 0 Å². The molecular weight excluding hydrogens is 372 g/mol. The zero-order valence-corrected chi connectivity index (χ0v) is 16.3. The Bertz CT molecular complexity index is 383. The maximum absolute atomic E-state index is 11.9. The van der Waals surface area contributed by atoms with E-state index in [1.165, 1.54) is 0 Å². The molecule has 9 heteroatoms. The highest BCUT2D eigenvalue weighted by atomic mass is 32.1. The minimum atomic E-state index is -1.43. The molecule has 0 aliphatic heterocycles. The van der Waals surface area contributed by atoms with Gasteiger partial charge >= 0.3 is 17.9 Å². The topological polar surface area (TPSA) is 112 Å². The van der Waals surface area contributed by atoms with E-state index in [4.69, 9.17) is 0 Å². The van der Waals surface area contributed by atoms with E-state index < -0.39 is 41.1 Å². The van der Waals surface area contributed by atoms with E-state index in [0.717, 1.165) is 0 Å². The van der Waals surface area contributed by atoms with Gasteiger partial charge in [0.2, 0.25) is 0 Å². The molecule has 6 nitrogen and oxygen atoms in total. The SMILES string of the molecule is CCC(C(CCS)C(=O)O)(C(CCS)C(=O)O)C(CCS)C(=O)O. The van der Waals surface area contributed by atoms with Gasteiger partial charge in [-0.3, -0.25) is 14.4 Å². The Morgan fingerprint density at radius 3 is 1.12 bits per heavy atom. The van der Waals surface area contributed by atoms with E-state index in [9.17, 15) is 29.7 Å². The number of carboxylic acid groups (broad SMARTS) is 3. The van der Waals surface area contributed by atoms with Gasteiger partial charge in [0.15, 0.2) is 0 Å². The van der Waals surface area contributed by atoms with Crippen LogP contribution in [0.2, 0.25) is 0 Å². The molecule has 3 unspecified atom stereocenters. The third-order valence-electron chi connectivity index (χ3n) is 4.71. The lowest BCUT2D eigenvalue weighted by atomic mass is 9.55. The van der Waals surface area contributed by atoms with Gasteiger partial charge in [-0.05, 0) is 42.9 Å². The van der Waals surface area contributed by atoms with E-state index in [1.54, 1.807) is 6.92 Å². The molecule has 0 aromatic rings. The van der Waals surface area contributed by atoms with Crippen molar-refractivity contribution < 1.29 is 29.7 Å². The van der Waals surface area contributed by atoms with Crippen LogP contribution in [0.25, 0.3) is 0 Å². The van der Waals surface area contributed by atoms with E-state index in [1.807, 2.05) is 0 Å². The fourth-order valence-electron chi connectivity index (χ4n) is 3.72. The van der Waals surface area contributed by atoms with Crippen molar-refractivity contribution in [3.05, 3.63) is 0 Å². The summed E-state index contributed by atoms with van der Waals surface area (Å²) >= 11 is 12.2. The minimum Gasteiger partial charge on any atom is -0.481 e. The average Bonchev–Trinajstić information content (AvgIpc) is 2.51. The van der Waals surface area contributed by atoms with Crippen molar-refractivity contribution in [3.8, 4) is 0 Å². The van der Waals surface area contributed by atoms with Gasteiger partial charge in [-0.2, -0.15) is 37.9 Å². The minimum absolute atomic E-state index is 0.0962. The Balaban J connectivity index is 6.49. The maximum atomic E-state index is 11.9. The summed E-state index contributed by atoms with van der Waals surface area (Å²) in [6.45, 7) is 1.65. The van der Waals surface area contributed by atoms with E-state index >= 15 is 0 Å². The summed E-state index contributed by atoms with van der Waals surface area (Å²) in [4.78, 5) is 35.7. The first-order chi connectivity index (χ1) is 11.2. The number of carboxylic acids is 3. The highest BCUT2D eigenvalue weighted by molar-refractivity contribution is 7.80. The predicted molar refractivity (Wildman–Crippen MR) is 102 cm³/mol. The Morgan fingerprint density at radius 2 is 1.00 bits per heavy atom. The molecular formula is C15H26O6S3. The highest BCUT2D eigenvalue weighted by Gasteiger charge is 2.56. The van der Waals surface area contributed by atoms with Gasteiger partial charge in [0.05, 0.1) is 17.8 Å². The smallest absolute Gasteiger partial charge is 0.307 e. The standard InChI is InChI=1S/C15H26O6S3/c1-2-15(9(3-6-22)12(16)17,10(4-7-23)13(18)19)11(5-8-24)14(20)21/h9-11,22-24H,2-8H2,1H3,(H,16,17)(H,18,19)(H,20,21). The molecule has 0 saturated carbocycles. The fourth-order valence-corrected chi connectivity index (χ4v) is 4.50. The molecule has 0 bridgehead atoms. The number of carbonyl (C=O) groups is 3. The molecule has 0 heterocycles. The first kappa shape index (κ1) is 23.5. The Morgan fingerprint density at radius 1 is 0.750 bits per heavy atom. The molecule has 24 heavy (non-hydrogen) atoms. The monoisotopic (exact) mass is 398 g/mol. The lowest BCUT2D eigenvalue weighted by Gasteiger charge is -2.46. The zero-order chi connectivity index (χ0) is 18.9. The zero-order valence-electron chi connectivity index (χ0n) is 13.6. The molecule has 0 radical (unpaired) electrons. The van der Waals surface area contributed by atoms with Gasteiger partial charge in [-0.15, -0.1) is 0 Å². The van der Waals surface area contributed by atoms with Gasteiger partial charge in [-0.25, -0.2) is 0 Å². The second kappa shape index (κ2) is 11.1. The molecule has 140 valence electrons. The first-order valence-electron chi connectivity index (χ1n) is 7.75. The molecule has 0 amide bonds. The molecule has 3 N–H and O–H groups in total. The van der Waals surface area contributed by atoms with Crippen LogP contribution in [0.15, 0.2) is 0 Å². The van der Waals surface area contributed by atoms with E-state index in [2.05, 4.69) is 37.9 Å². The average molecular weight is 399 g/mol. The van der Waals surface area contributed by atoms with Crippen LogP contribution < -0.4 is 0 Å². The van der Waals surface area contributed by atoms with Gasteiger partial charge in [0.25, 0.3) is 0 Å². The van der Waals surface area contributed by atoms with Gasteiger partial charge in [0.1, 0.15) is 0 Å². The van der Waals surface area contributed by atoms with Crippen molar-refractivity contribution in [2.24, 2.45) is 23.2 Å². The molecule has 0 saturated heterocycles. The molecule has 0 fully saturated rings. The molecule has 0 aromatic heterocycles. The van der Waals surface area contributed by atoms with Crippen molar-refractivity contribution in [1.29, 1.82) is 0 Å². The second-order valence-electron chi connectivity index (χ2n) is 5.68. The van der Waals surface area contributed by atoms with E-state index in [0.29, 0.717) is 0 Å². The quantitative estimate of drug-likeness (QED) is 0.266. The van der Waals surface area contributed by atoms with Crippen LogP contribution in [0.5, 0.6) is 0 Å². The maximum Gasteiger partial charge on any atom is 0.307 e. The van der Waals surface area contributed by atoms with Crippen molar-refractivity contribution >= 4 is 55.8 Å². The summed E-state index contributed by atoms with van der Waals surface area (Å²) in [5, 5.41) is 29.1. The van der Waals surface area contributed by atoms with Crippen LogP contribution in [-0.4, -0.2) is 50.5 Å². The third kappa shape index (κ3) is 5.23. The van der Waals surface area contributed by atoms with Gasteiger partial charge in [-0.1, -0.05) is 6.92 Å². The Hall–Kier alpha value is -0.540. The normalized spacial score (nSPS) is 17.5. The summed E-state index contributed by atoms with van der Waals surface area (Å²) in [5.74, 6) is -6.28. The third-order valence-corrected chi connectivity index (χ3v) is 5.48. The summed E-state index contributed by atoms with van der Waals surface area (Å²) in [7, 11) is 0. The number of aliphatic carboxylic acids is 3. The molecule has 0 aliphatic rings. The van der Waals surface area contributed by atoms with Gasteiger partial charge in [0, 0.05) is 5.41 Å². The predicted octanol–water partition coefficient (Wildman–Crippen LogP) is 2.44. The summed E-state index contributed by atoms with van der Waals surface area (Å²) in [5.41, 5.74) is -1.43. The number of hydrogen-bond acceptors (Lipinski definition) is 6. The number of rotatable bonds is 13. The summed E-state index contributed by atoms with van der Waals surface area (Å²) in [6.07, 6.45) is 0.407. The number of hydrogen-bond donors (Lipinski definition) is 6. The first-order valence-corrected chi connectivity index (χ1v) is 9.65. The van der Waals surface area contributed by atoms with Crippen LogP contribution in [-0.2, 0) is 14.4 Å². The second-order valence-corrected chi connectivity index (χ2v) is 7.02. The molecule has 0 rings (SSSR count). The Labute approximate surface area is 158 Å². The van der Waals surface area contributed by atoms with Crippen LogP contribution >= 0.6 is 37.9 Å². The lowest BCUT2D eigenvalue weighted by molar-refractivity contribution is -0.169. The summed E-state index contributed by atoms with van der Waals surface area (Å²) in [6, 6.07) is 0. The number of thiol groups is 3. The lowest BCUT2D eigenvalue weighted by Crippen LogP contribution is -2.52.